The number of methoxy groups -OCH3 is 2. The lowest BCUT2D eigenvalue weighted by molar-refractivity contribution is 0.354. The van der Waals surface area contributed by atoms with Crippen molar-refractivity contribution in [2.75, 3.05) is 19.5 Å². The van der Waals surface area contributed by atoms with Gasteiger partial charge in [-0.25, -0.2) is 0 Å². The first kappa shape index (κ1) is 16.3. The van der Waals surface area contributed by atoms with Crippen molar-refractivity contribution in [3.63, 3.8) is 0 Å². The highest BCUT2D eigenvalue weighted by Gasteiger charge is 2.09. The van der Waals surface area contributed by atoms with Gasteiger partial charge in [-0.3, -0.25) is 0 Å². The average Bonchev–Trinajstić information content (AvgIpc) is 2.49. The Morgan fingerprint density at radius 2 is 1.67 bits per heavy atom. The van der Waals surface area contributed by atoms with Gasteiger partial charge in [-0.1, -0.05) is 39.1 Å². The van der Waals surface area contributed by atoms with Crippen LogP contribution in [0.2, 0.25) is 10.0 Å². The second kappa shape index (κ2) is 7.25. The van der Waals surface area contributed by atoms with Crippen molar-refractivity contribution in [1.82, 2.24) is 0 Å². The lowest BCUT2D eigenvalue weighted by atomic mass is 10.2. The van der Waals surface area contributed by atoms with E-state index >= 15 is 0 Å². The number of hydrogen-bond donors (Lipinski definition) is 1. The van der Waals surface area contributed by atoms with E-state index < -0.39 is 0 Å². The summed E-state index contributed by atoms with van der Waals surface area (Å²) in [5, 5.41) is 4.35. The molecule has 0 fully saturated rings. The van der Waals surface area contributed by atoms with Gasteiger partial charge in [-0.05, 0) is 35.9 Å². The maximum absolute atomic E-state index is 6.00. The molecule has 2 aromatic carbocycles. The number of nitrogens with one attached hydrogen (secondary N) is 1. The van der Waals surface area contributed by atoms with Crippen molar-refractivity contribution >= 4 is 44.8 Å². The molecule has 0 aliphatic rings. The van der Waals surface area contributed by atoms with Gasteiger partial charge < -0.3 is 14.8 Å². The van der Waals surface area contributed by atoms with E-state index in [1.165, 1.54) is 0 Å². The lowest BCUT2D eigenvalue weighted by Gasteiger charge is -2.13. The predicted molar refractivity (Wildman–Crippen MR) is 91.0 cm³/mol. The van der Waals surface area contributed by atoms with E-state index in [-0.39, 0.29) is 0 Å². The maximum Gasteiger partial charge on any atom is 0.161 e. The molecular formula is C15H14BrCl2NO2. The zero-order chi connectivity index (χ0) is 15.4. The summed E-state index contributed by atoms with van der Waals surface area (Å²) in [5.41, 5.74) is 1.94. The molecule has 0 amide bonds. The molecule has 0 unspecified atom stereocenters. The fraction of sp³-hybridized carbons (Fsp3) is 0.200. The van der Waals surface area contributed by atoms with Gasteiger partial charge in [-0.15, -0.1) is 0 Å². The fourth-order valence-electron chi connectivity index (χ4n) is 1.84. The highest BCUT2D eigenvalue weighted by Crippen LogP contribution is 2.34. The van der Waals surface area contributed by atoms with E-state index in [9.17, 15) is 0 Å². The molecule has 6 heteroatoms. The van der Waals surface area contributed by atoms with Crippen LogP contribution in [0.4, 0.5) is 5.69 Å². The maximum atomic E-state index is 6.00. The molecule has 0 saturated carbocycles. The minimum Gasteiger partial charge on any atom is -0.493 e. The molecule has 1 N–H and O–H groups in total. The molecule has 112 valence electrons. The van der Waals surface area contributed by atoms with Crippen molar-refractivity contribution in [3.05, 3.63) is 50.4 Å². The van der Waals surface area contributed by atoms with Gasteiger partial charge in [0.2, 0.25) is 0 Å². The number of hydrogen-bond acceptors (Lipinski definition) is 3. The van der Waals surface area contributed by atoms with Crippen molar-refractivity contribution in [2.45, 2.75) is 6.54 Å². The Morgan fingerprint density at radius 3 is 2.29 bits per heavy atom. The zero-order valence-electron chi connectivity index (χ0n) is 11.5. The van der Waals surface area contributed by atoms with Crippen LogP contribution in [0.3, 0.4) is 0 Å². The standard InChI is InChI=1S/C15H14BrCl2NO2/c1-20-14-5-9(11(16)7-15(14)21-2)8-19-10-3-4-12(17)13(18)6-10/h3-7,19H,8H2,1-2H3. The van der Waals surface area contributed by atoms with Crippen LogP contribution in [-0.4, -0.2) is 14.2 Å². The van der Waals surface area contributed by atoms with Crippen molar-refractivity contribution in [3.8, 4) is 11.5 Å². The van der Waals surface area contributed by atoms with Gasteiger partial charge in [0.05, 0.1) is 24.3 Å². The summed E-state index contributed by atoms with van der Waals surface area (Å²) in [6.07, 6.45) is 0. The zero-order valence-corrected chi connectivity index (χ0v) is 14.6. The second-order valence-corrected chi connectivity index (χ2v) is 5.95. The molecule has 2 aromatic rings. The molecule has 0 bridgehead atoms. The van der Waals surface area contributed by atoms with Crippen LogP contribution in [0.1, 0.15) is 5.56 Å². The molecule has 3 nitrogen and oxygen atoms in total. The monoisotopic (exact) mass is 389 g/mol. The summed E-state index contributed by atoms with van der Waals surface area (Å²) in [7, 11) is 3.22. The van der Waals surface area contributed by atoms with Crippen molar-refractivity contribution in [1.29, 1.82) is 0 Å². The molecule has 0 heterocycles. The summed E-state index contributed by atoms with van der Waals surface area (Å²) in [4.78, 5) is 0. The Kier molecular flexibility index (Phi) is 5.62. The van der Waals surface area contributed by atoms with E-state index in [0.29, 0.717) is 28.1 Å². The Morgan fingerprint density at radius 1 is 1.00 bits per heavy atom. The van der Waals surface area contributed by atoms with Crippen LogP contribution >= 0.6 is 39.1 Å². The number of benzene rings is 2. The van der Waals surface area contributed by atoms with E-state index in [1.54, 1.807) is 26.4 Å². The third-order valence-electron chi connectivity index (χ3n) is 2.96. The van der Waals surface area contributed by atoms with Gasteiger partial charge in [0.15, 0.2) is 11.5 Å². The molecule has 0 radical (unpaired) electrons. The molecule has 0 aromatic heterocycles. The second-order valence-electron chi connectivity index (χ2n) is 4.28. The van der Waals surface area contributed by atoms with Crippen LogP contribution in [-0.2, 0) is 6.54 Å². The fourth-order valence-corrected chi connectivity index (χ4v) is 2.60. The molecule has 0 aliphatic heterocycles. The van der Waals surface area contributed by atoms with Gasteiger partial charge in [0.25, 0.3) is 0 Å². The molecular weight excluding hydrogens is 377 g/mol. The molecule has 0 saturated heterocycles. The first-order chi connectivity index (χ1) is 10.0. The van der Waals surface area contributed by atoms with E-state index in [0.717, 1.165) is 15.7 Å². The van der Waals surface area contributed by atoms with Gasteiger partial charge in [0.1, 0.15) is 0 Å². The Labute approximate surface area is 142 Å². The van der Waals surface area contributed by atoms with E-state index in [4.69, 9.17) is 32.7 Å². The summed E-state index contributed by atoms with van der Waals surface area (Å²) < 4.78 is 11.5. The van der Waals surface area contributed by atoms with Crippen LogP contribution < -0.4 is 14.8 Å². The van der Waals surface area contributed by atoms with Crippen LogP contribution in [0, 0.1) is 0 Å². The van der Waals surface area contributed by atoms with Crippen LogP contribution in [0.15, 0.2) is 34.8 Å². The highest BCUT2D eigenvalue weighted by atomic mass is 79.9. The van der Waals surface area contributed by atoms with Crippen molar-refractivity contribution in [2.24, 2.45) is 0 Å². The van der Waals surface area contributed by atoms with Gasteiger partial charge >= 0.3 is 0 Å². The molecule has 21 heavy (non-hydrogen) atoms. The Balaban J connectivity index is 2.17. The largest absolute Gasteiger partial charge is 0.493 e. The first-order valence-electron chi connectivity index (χ1n) is 6.14. The quantitative estimate of drug-likeness (QED) is 0.742. The van der Waals surface area contributed by atoms with Crippen LogP contribution in [0.25, 0.3) is 0 Å². The normalized spacial score (nSPS) is 10.3. The minimum absolute atomic E-state index is 0.521. The lowest BCUT2D eigenvalue weighted by Crippen LogP contribution is -2.01. The number of halogens is 3. The Hall–Kier alpha value is -1.10. The first-order valence-corrected chi connectivity index (χ1v) is 7.69. The number of ether oxygens (including phenoxy) is 2. The number of rotatable bonds is 5. The summed E-state index contributed by atoms with van der Waals surface area (Å²) in [6.45, 7) is 0.610. The molecule has 0 spiro atoms. The molecule has 0 aliphatic carbocycles. The van der Waals surface area contributed by atoms with E-state index in [1.807, 2.05) is 18.2 Å². The summed E-state index contributed by atoms with van der Waals surface area (Å²) in [6, 6.07) is 9.23. The van der Waals surface area contributed by atoms with Gasteiger partial charge in [0, 0.05) is 16.7 Å². The number of anilines is 1. The van der Waals surface area contributed by atoms with Gasteiger partial charge in [-0.2, -0.15) is 0 Å². The van der Waals surface area contributed by atoms with Crippen molar-refractivity contribution < 1.29 is 9.47 Å². The van der Waals surface area contributed by atoms with Crippen LogP contribution in [0.5, 0.6) is 11.5 Å². The SMILES string of the molecule is COc1cc(Br)c(CNc2ccc(Cl)c(Cl)c2)cc1OC. The molecule has 0 atom stereocenters. The molecule has 2 rings (SSSR count). The Bertz CT molecular complexity index is 650. The summed E-state index contributed by atoms with van der Waals surface area (Å²) in [5.74, 6) is 1.37. The minimum atomic E-state index is 0.521. The smallest absolute Gasteiger partial charge is 0.161 e. The third kappa shape index (κ3) is 3.96. The third-order valence-corrected chi connectivity index (χ3v) is 4.43. The highest BCUT2D eigenvalue weighted by molar-refractivity contribution is 9.10. The summed E-state index contributed by atoms with van der Waals surface area (Å²) >= 11 is 15.4. The predicted octanol–water partition coefficient (Wildman–Crippen LogP) is 5.39. The average molecular weight is 391 g/mol. The van der Waals surface area contributed by atoms with E-state index in [2.05, 4.69) is 21.2 Å². The topological polar surface area (TPSA) is 30.5 Å².